The van der Waals surface area contributed by atoms with Gasteiger partial charge in [-0.25, -0.2) is 0 Å². The van der Waals surface area contributed by atoms with Gasteiger partial charge in [-0.1, -0.05) is 223 Å². The number of rotatable bonds is 9. The second-order valence-corrected chi connectivity index (χ2v) is 17.3. The Hall–Kier alpha value is -4.72. The largest absolute Gasteiger partial charge is 0.258 e. The first-order valence-corrected chi connectivity index (χ1v) is 20.8. The standard InChI is InChI=1S/C42H33BP2.C7H9N.Pd/c1-6-20-34(21-7-1)43(39-30-16-18-32-41(39)44(35-22-8-2-9-23-35)36-24-10-3-11-25-36)40-31-17-19-33-42(40)45(37-26-12-4-13-27-37)38-28-14-5-15-29-38;1-6-4-3-5-7(2)8-6;/h1-33H;3-5H,1-2H3;. The predicted octanol–water partition coefficient (Wildman–Crippen LogP) is 7.42. The van der Waals surface area contributed by atoms with E-state index >= 15 is 0 Å². The van der Waals surface area contributed by atoms with E-state index in [9.17, 15) is 0 Å². The van der Waals surface area contributed by atoms with Crippen LogP contribution in [0.5, 0.6) is 0 Å². The third-order valence-electron chi connectivity index (χ3n) is 9.20. The number of aromatic nitrogens is 1. The van der Waals surface area contributed by atoms with Gasteiger partial charge in [0.1, 0.15) is 0 Å². The first kappa shape index (κ1) is 39.0. The molecule has 1 heterocycles. The van der Waals surface area contributed by atoms with E-state index in [-0.39, 0.29) is 27.1 Å². The molecule has 0 saturated carbocycles. The molecule has 0 bridgehead atoms. The number of pyridine rings is 1. The molecule has 0 aliphatic carbocycles. The molecular formula is C49H42BNP2Pd. The van der Waals surface area contributed by atoms with Gasteiger partial charge in [-0.05, 0) is 73.7 Å². The van der Waals surface area contributed by atoms with Gasteiger partial charge in [-0.3, -0.25) is 4.98 Å². The second kappa shape index (κ2) is 19.6. The van der Waals surface area contributed by atoms with Gasteiger partial charge in [0.2, 0.25) is 6.71 Å². The van der Waals surface area contributed by atoms with Crippen LogP contribution < -0.4 is 48.2 Å². The van der Waals surface area contributed by atoms with Crippen molar-refractivity contribution in [2.45, 2.75) is 13.8 Å². The van der Waals surface area contributed by atoms with Crippen LogP contribution in [0.3, 0.4) is 0 Å². The van der Waals surface area contributed by atoms with Crippen LogP contribution in [0.1, 0.15) is 11.4 Å². The summed E-state index contributed by atoms with van der Waals surface area (Å²) >= 11 is 0. The second-order valence-electron chi connectivity index (χ2n) is 12.9. The molecule has 0 N–H and O–H groups in total. The van der Waals surface area contributed by atoms with Crippen molar-refractivity contribution >= 4 is 70.8 Å². The Morgan fingerprint density at radius 2 is 0.630 bits per heavy atom. The number of hydrogen-bond donors (Lipinski definition) is 0. The summed E-state index contributed by atoms with van der Waals surface area (Å²) in [4.78, 5) is 4.17. The van der Waals surface area contributed by atoms with Gasteiger partial charge in [0.05, 0.1) is 0 Å². The molecule has 0 radical (unpaired) electrons. The van der Waals surface area contributed by atoms with E-state index in [0.29, 0.717) is 0 Å². The van der Waals surface area contributed by atoms with Crippen LogP contribution in [0.2, 0.25) is 0 Å². The van der Waals surface area contributed by atoms with Gasteiger partial charge in [-0.2, -0.15) is 0 Å². The quantitative estimate of drug-likeness (QED) is 0.109. The number of benzene rings is 7. The minimum atomic E-state index is -0.787. The summed E-state index contributed by atoms with van der Waals surface area (Å²) in [5.41, 5.74) is 6.22. The van der Waals surface area contributed by atoms with E-state index in [4.69, 9.17) is 0 Å². The van der Waals surface area contributed by atoms with Gasteiger partial charge in [-0.15, -0.1) is 0 Å². The Morgan fingerprint density at radius 1 is 0.333 bits per heavy atom. The van der Waals surface area contributed by atoms with Crippen molar-refractivity contribution in [1.82, 2.24) is 4.98 Å². The van der Waals surface area contributed by atoms with Gasteiger partial charge in [0.15, 0.2) is 0 Å². The molecule has 0 fully saturated rings. The molecule has 1 nitrogen and oxygen atoms in total. The van der Waals surface area contributed by atoms with Crippen LogP contribution >= 0.6 is 15.8 Å². The van der Waals surface area contributed by atoms with Gasteiger partial charge >= 0.3 is 0 Å². The van der Waals surface area contributed by atoms with Crippen molar-refractivity contribution in [3.63, 3.8) is 0 Å². The van der Waals surface area contributed by atoms with E-state index in [1.807, 2.05) is 32.0 Å². The summed E-state index contributed by atoms with van der Waals surface area (Å²) < 4.78 is 0. The maximum atomic E-state index is 4.17. The molecular weight excluding hydrogens is 782 g/mol. The third kappa shape index (κ3) is 9.49. The molecule has 266 valence electrons. The minimum Gasteiger partial charge on any atom is -0.258 e. The first-order chi connectivity index (χ1) is 26.2. The van der Waals surface area contributed by atoms with E-state index in [1.54, 1.807) is 0 Å². The van der Waals surface area contributed by atoms with Crippen molar-refractivity contribution < 1.29 is 20.4 Å². The van der Waals surface area contributed by atoms with Crippen LogP contribution in [0, 0.1) is 13.8 Å². The third-order valence-corrected chi connectivity index (χ3v) is 14.2. The fraction of sp³-hybridized carbons (Fsp3) is 0.0408. The molecule has 1 aromatic heterocycles. The van der Waals surface area contributed by atoms with E-state index in [1.165, 1.54) is 48.2 Å². The Kier molecular flexibility index (Phi) is 14.1. The molecule has 5 heteroatoms. The Balaban J connectivity index is 0.000000492. The summed E-state index contributed by atoms with van der Waals surface area (Å²) in [6.45, 7) is 4.05. The van der Waals surface area contributed by atoms with Crippen LogP contribution in [0.15, 0.2) is 218 Å². The van der Waals surface area contributed by atoms with Gasteiger partial charge in [0.25, 0.3) is 0 Å². The molecule has 8 rings (SSSR count). The summed E-state index contributed by atoms with van der Waals surface area (Å²) in [7, 11) is -1.57. The Bertz CT molecular complexity index is 2100. The van der Waals surface area contributed by atoms with Crippen LogP contribution in [0.25, 0.3) is 0 Å². The van der Waals surface area contributed by atoms with Crippen molar-refractivity contribution in [3.8, 4) is 0 Å². The van der Waals surface area contributed by atoms with Crippen LogP contribution in [-0.2, 0) is 20.4 Å². The molecule has 0 saturated heterocycles. The van der Waals surface area contributed by atoms with E-state index < -0.39 is 15.8 Å². The molecule has 0 aliphatic rings. The zero-order chi connectivity index (χ0) is 36.2. The maximum Gasteiger partial charge on any atom is 0.242 e. The average Bonchev–Trinajstić information content (AvgIpc) is 3.22. The van der Waals surface area contributed by atoms with Gasteiger partial charge < -0.3 is 0 Å². The van der Waals surface area contributed by atoms with Crippen LogP contribution in [0.4, 0.5) is 0 Å². The number of aryl methyl sites for hydroxylation is 2. The summed E-state index contributed by atoms with van der Waals surface area (Å²) in [5.74, 6) is 0. The zero-order valence-corrected chi connectivity index (χ0v) is 33.9. The SMILES string of the molecule is Cc1cccc(C)n1.[Pd].c1ccc(B(c2ccccc2P(c2ccccc2)c2ccccc2)c2ccccc2P(c2ccccc2)c2ccccc2)cc1. The van der Waals surface area contributed by atoms with Crippen molar-refractivity contribution in [2.24, 2.45) is 0 Å². The fourth-order valence-corrected chi connectivity index (χ4v) is 11.9. The Labute approximate surface area is 337 Å². The van der Waals surface area contributed by atoms with Crippen LogP contribution in [-0.4, -0.2) is 11.7 Å². The van der Waals surface area contributed by atoms with E-state index in [2.05, 4.69) is 205 Å². The molecule has 0 amide bonds. The minimum absolute atomic E-state index is 0. The molecule has 0 spiro atoms. The van der Waals surface area contributed by atoms with Crippen molar-refractivity contribution in [1.29, 1.82) is 0 Å². The summed E-state index contributed by atoms with van der Waals surface area (Å²) in [6, 6.07) is 79.7. The van der Waals surface area contributed by atoms with E-state index in [0.717, 1.165) is 11.4 Å². The summed E-state index contributed by atoms with van der Waals surface area (Å²) in [5, 5.41) is 8.25. The number of hydrogen-bond acceptors (Lipinski definition) is 1. The normalized spacial score (nSPS) is 10.6. The maximum absolute atomic E-state index is 4.17. The molecule has 54 heavy (non-hydrogen) atoms. The average molecular weight is 824 g/mol. The van der Waals surface area contributed by atoms with Gasteiger partial charge in [0, 0.05) is 31.8 Å². The molecule has 7 aromatic carbocycles. The molecule has 0 unspecified atom stereocenters. The zero-order valence-electron chi connectivity index (χ0n) is 30.5. The fourth-order valence-electron chi connectivity index (χ4n) is 6.88. The van der Waals surface area contributed by atoms with Crippen molar-refractivity contribution in [3.05, 3.63) is 230 Å². The Morgan fingerprint density at radius 3 is 0.944 bits per heavy atom. The molecule has 0 aliphatic heterocycles. The molecule has 0 atom stereocenters. The summed E-state index contributed by atoms with van der Waals surface area (Å²) in [6.07, 6.45) is 0. The van der Waals surface area contributed by atoms with Crippen molar-refractivity contribution in [2.75, 3.05) is 0 Å². The number of nitrogens with zero attached hydrogens (tertiary/aromatic N) is 1. The molecule has 8 aromatic rings. The smallest absolute Gasteiger partial charge is 0.242 e. The first-order valence-electron chi connectivity index (χ1n) is 18.1. The predicted molar refractivity (Wildman–Crippen MR) is 235 cm³/mol. The topological polar surface area (TPSA) is 12.9 Å². The monoisotopic (exact) mass is 823 g/mol.